The molecule has 3 atom stereocenters. The van der Waals surface area contributed by atoms with Gasteiger partial charge in [-0.1, -0.05) is 29.8 Å². The molecule has 0 radical (unpaired) electrons. The first kappa shape index (κ1) is 16.4. The van der Waals surface area contributed by atoms with Gasteiger partial charge in [0.2, 0.25) is 0 Å². The van der Waals surface area contributed by atoms with Crippen LogP contribution in [0.3, 0.4) is 0 Å². The molecule has 0 fully saturated rings. The van der Waals surface area contributed by atoms with Crippen molar-refractivity contribution in [1.29, 1.82) is 0 Å². The Morgan fingerprint density at radius 2 is 2.13 bits per heavy atom. The molecule has 0 amide bonds. The van der Waals surface area contributed by atoms with Gasteiger partial charge in [-0.15, -0.1) is 0 Å². The van der Waals surface area contributed by atoms with Gasteiger partial charge in [-0.05, 0) is 35.9 Å². The molecule has 2 heterocycles. The summed E-state index contributed by atoms with van der Waals surface area (Å²) in [5, 5.41) is 9.97. The Hall–Kier alpha value is -1.44. The van der Waals surface area contributed by atoms with Crippen LogP contribution in [0, 0.1) is 0 Å². The third kappa shape index (κ3) is 3.73. The molecule has 23 heavy (non-hydrogen) atoms. The number of dihydropyridines is 1. The third-order valence-electron chi connectivity index (χ3n) is 4.14. The van der Waals surface area contributed by atoms with Crippen molar-refractivity contribution in [3.8, 4) is 0 Å². The second-order valence-corrected chi connectivity index (χ2v) is 6.20. The zero-order valence-corrected chi connectivity index (χ0v) is 13.4. The largest absolute Gasteiger partial charge is 0.381 e. The van der Waals surface area contributed by atoms with E-state index >= 15 is 0 Å². The Kier molecular flexibility index (Phi) is 4.99. The van der Waals surface area contributed by atoms with E-state index in [1.807, 2.05) is 18.4 Å². The van der Waals surface area contributed by atoms with E-state index in [1.165, 1.54) is 0 Å². The van der Waals surface area contributed by atoms with Gasteiger partial charge in [0.15, 0.2) is 0 Å². The predicted octanol–water partition coefficient (Wildman–Crippen LogP) is 1.18. The van der Waals surface area contributed by atoms with Gasteiger partial charge in [0.05, 0.1) is 23.3 Å². The van der Waals surface area contributed by atoms with Crippen molar-refractivity contribution in [2.45, 2.75) is 37.4 Å². The number of nitrogens with two attached hydrogens (primary N) is 2. The van der Waals surface area contributed by atoms with Gasteiger partial charge < -0.3 is 16.8 Å². The predicted molar refractivity (Wildman–Crippen MR) is 90.6 cm³/mol. The molecule has 0 saturated carbocycles. The summed E-state index contributed by atoms with van der Waals surface area (Å²) < 4.78 is 13.5. The van der Waals surface area contributed by atoms with Gasteiger partial charge in [0.25, 0.3) is 0 Å². The summed E-state index contributed by atoms with van der Waals surface area (Å²) in [7, 11) is 0. The molecule has 2 aliphatic heterocycles. The maximum atomic E-state index is 13.5. The van der Waals surface area contributed by atoms with Crippen LogP contribution >= 0.6 is 11.6 Å². The van der Waals surface area contributed by atoms with Crippen LogP contribution in [0.5, 0.6) is 0 Å². The lowest BCUT2D eigenvalue weighted by atomic mass is 9.87. The Bertz CT molecular complexity index is 620. The van der Waals surface area contributed by atoms with E-state index in [1.54, 1.807) is 6.08 Å². The second kappa shape index (κ2) is 6.98. The lowest BCUT2D eigenvalue weighted by Crippen LogP contribution is -2.55. The molecule has 7 N–H and O–H groups in total. The molecule has 0 spiro atoms. The molecule has 1 aliphatic carbocycles. The van der Waals surface area contributed by atoms with Crippen LogP contribution in [0.2, 0.25) is 0 Å². The zero-order chi connectivity index (χ0) is 16.4. The normalized spacial score (nSPS) is 30.6. The molecule has 5 nitrogen and oxygen atoms in total. The van der Waals surface area contributed by atoms with Crippen molar-refractivity contribution in [3.63, 3.8) is 0 Å². The minimum absolute atomic E-state index is 0.00528. The summed E-state index contributed by atoms with van der Waals surface area (Å²) in [6, 6.07) is 0.0402. The quantitative estimate of drug-likeness (QED) is 0.393. The van der Waals surface area contributed by atoms with E-state index in [0.29, 0.717) is 12.8 Å². The highest BCUT2D eigenvalue weighted by Gasteiger charge is 2.30. The van der Waals surface area contributed by atoms with Crippen LogP contribution < -0.4 is 27.4 Å². The van der Waals surface area contributed by atoms with Crippen molar-refractivity contribution >= 4 is 11.6 Å². The van der Waals surface area contributed by atoms with Gasteiger partial charge in [0, 0.05) is 6.42 Å². The molecular formula is C16H21ClFN5. The summed E-state index contributed by atoms with van der Waals surface area (Å²) >= 11 is 5.96. The fourth-order valence-electron chi connectivity index (χ4n) is 3.07. The van der Waals surface area contributed by atoms with E-state index < -0.39 is 6.29 Å². The minimum Gasteiger partial charge on any atom is -0.381 e. The smallest absolute Gasteiger partial charge is 0.119 e. The van der Waals surface area contributed by atoms with Crippen LogP contribution in [0.1, 0.15) is 12.8 Å². The van der Waals surface area contributed by atoms with Gasteiger partial charge in [-0.25, -0.2) is 4.39 Å². The second-order valence-electron chi connectivity index (χ2n) is 5.80. The fraction of sp³-hybridized carbons (Fsp3) is 0.375. The number of halogens is 2. The maximum absolute atomic E-state index is 13.5. The molecule has 7 heteroatoms. The monoisotopic (exact) mass is 337 g/mol. The average molecular weight is 338 g/mol. The van der Waals surface area contributed by atoms with E-state index in [4.69, 9.17) is 23.1 Å². The molecular weight excluding hydrogens is 317 g/mol. The summed E-state index contributed by atoms with van der Waals surface area (Å²) in [6.07, 6.45) is 12.0. The van der Waals surface area contributed by atoms with Crippen LogP contribution in [-0.2, 0) is 0 Å². The third-order valence-corrected chi connectivity index (χ3v) is 4.46. The van der Waals surface area contributed by atoms with Gasteiger partial charge in [0.1, 0.15) is 12.1 Å². The van der Waals surface area contributed by atoms with Gasteiger partial charge >= 0.3 is 0 Å². The molecule has 3 rings (SSSR count). The average Bonchev–Trinajstić information content (AvgIpc) is 2.97. The summed E-state index contributed by atoms with van der Waals surface area (Å²) in [6.45, 7) is 0. The highest BCUT2D eigenvalue weighted by atomic mass is 35.5. The van der Waals surface area contributed by atoms with Crippen molar-refractivity contribution < 1.29 is 4.39 Å². The topological polar surface area (TPSA) is 88.1 Å². The molecule has 0 aromatic carbocycles. The first-order valence-corrected chi connectivity index (χ1v) is 8.01. The van der Waals surface area contributed by atoms with Crippen LogP contribution in [0.15, 0.2) is 58.6 Å². The highest BCUT2D eigenvalue weighted by molar-refractivity contribution is 6.31. The molecule has 124 valence electrons. The first-order valence-electron chi connectivity index (χ1n) is 7.63. The number of allylic oxidation sites excluding steroid dienone is 5. The minimum atomic E-state index is -0.585. The van der Waals surface area contributed by atoms with Crippen LogP contribution in [-0.4, -0.2) is 24.5 Å². The van der Waals surface area contributed by atoms with Crippen LogP contribution in [0.4, 0.5) is 4.39 Å². The van der Waals surface area contributed by atoms with Crippen molar-refractivity contribution in [2.75, 3.05) is 0 Å². The summed E-state index contributed by atoms with van der Waals surface area (Å²) in [5.74, 6) is -0.243. The lowest BCUT2D eigenvalue weighted by Gasteiger charge is -2.31. The number of nitrogens with one attached hydrogen (secondary N) is 3. The van der Waals surface area contributed by atoms with Crippen LogP contribution in [0.25, 0.3) is 0 Å². The maximum Gasteiger partial charge on any atom is 0.119 e. The van der Waals surface area contributed by atoms with E-state index in [9.17, 15) is 4.39 Å². The Morgan fingerprint density at radius 1 is 1.30 bits per heavy atom. The SMILES string of the molecule is NC(N)NC1C=CC(C2=CC=CNC2C2=CC(Cl)=C(F)CC2)N1. The Morgan fingerprint density at radius 3 is 2.87 bits per heavy atom. The lowest BCUT2D eigenvalue weighted by molar-refractivity contribution is 0.434. The zero-order valence-electron chi connectivity index (χ0n) is 12.6. The van der Waals surface area contributed by atoms with Crippen molar-refractivity contribution in [2.24, 2.45) is 11.5 Å². The van der Waals surface area contributed by atoms with E-state index in [0.717, 1.165) is 11.1 Å². The summed E-state index contributed by atoms with van der Waals surface area (Å²) in [4.78, 5) is 0. The first-order chi connectivity index (χ1) is 11.0. The number of rotatable bonds is 4. The number of hydrogen-bond donors (Lipinski definition) is 5. The molecule has 0 aromatic rings. The standard InChI is InChI=1S/C16H21ClFN5/c17-11-8-9(3-4-12(11)18)15-10(2-1-7-21-15)13-5-6-14(22-13)23-16(19)20/h1-2,5-8,13-16,21-23H,3-4,19-20H2. The Balaban J connectivity index is 1.76. The highest BCUT2D eigenvalue weighted by Crippen LogP contribution is 2.32. The van der Waals surface area contributed by atoms with Gasteiger partial charge in [-0.3, -0.25) is 10.6 Å². The van der Waals surface area contributed by atoms with Crippen molar-refractivity contribution in [1.82, 2.24) is 16.0 Å². The van der Waals surface area contributed by atoms with Gasteiger partial charge in [-0.2, -0.15) is 0 Å². The fourth-order valence-corrected chi connectivity index (χ4v) is 3.30. The Labute approximate surface area is 140 Å². The van der Waals surface area contributed by atoms with E-state index in [-0.39, 0.29) is 29.1 Å². The number of hydrogen-bond acceptors (Lipinski definition) is 5. The summed E-state index contributed by atoms with van der Waals surface area (Å²) in [5.41, 5.74) is 13.3. The molecule has 3 unspecified atom stereocenters. The molecule has 0 saturated heterocycles. The molecule has 0 aromatic heterocycles. The molecule has 0 bridgehead atoms. The molecule has 3 aliphatic rings. The van der Waals surface area contributed by atoms with Crippen molar-refractivity contribution in [3.05, 3.63) is 58.6 Å². The van der Waals surface area contributed by atoms with E-state index in [2.05, 4.69) is 28.1 Å².